The van der Waals surface area contributed by atoms with E-state index in [0.29, 0.717) is 0 Å². The molecule has 0 amide bonds. The molecular formula is C50H42N2O2. The third-order valence-corrected chi connectivity index (χ3v) is 12.4. The van der Waals surface area contributed by atoms with Crippen LogP contribution in [-0.2, 0) is 10.8 Å². The standard InChI is InChI=1S/C50H42N2O2/c1-32-50(4,42-29-27-36(31-48(42)54-32)52-45-20-12-8-16-39(45)40-17-9-13-21-46(40)52)34-24-22-33(23-25-34)49(2,3)41-28-26-35(30-47(41)53-5)51-43-18-10-6-14-37(43)38-15-7-11-19-44(38)51/h6-32H,1-5H3. The topological polar surface area (TPSA) is 28.3 Å². The number of hydrogen-bond donors (Lipinski definition) is 0. The SMILES string of the molecule is COc1cc(-n2c3ccccc3c3ccccc32)ccc1C(C)(C)c1ccc(C2(C)c3ccc(-n4c5ccccc5c5ccccc54)cc3OC2C)cc1. The van der Waals surface area contributed by atoms with Gasteiger partial charge in [0.2, 0.25) is 0 Å². The van der Waals surface area contributed by atoms with Crippen molar-refractivity contribution in [1.82, 2.24) is 9.13 Å². The average Bonchev–Trinajstić information content (AvgIpc) is 3.82. The molecule has 10 rings (SSSR count). The Labute approximate surface area is 315 Å². The highest BCUT2D eigenvalue weighted by Gasteiger charge is 2.44. The molecular weight excluding hydrogens is 661 g/mol. The molecule has 2 atom stereocenters. The van der Waals surface area contributed by atoms with E-state index in [2.05, 4.69) is 195 Å². The van der Waals surface area contributed by atoms with Gasteiger partial charge in [0.25, 0.3) is 0 Å². The molecule has 4 nitrogen and oxygen atoms in total. The molecule has 1 aliphatic rings. The predicted octanol–water partition coefficient (Wildman–Crippen LogP) is 12.3. The number of fused-ring (bicyclic) bond motifs is 7. The van der Waals surface area contributed by atoms with Crippen LogP contribution < -0.4 is 9.47 Å². The van der Waals surface area contributed by atoms with Crippen molar-refractivity contribution < 1.29 is 9.47 Å². The first-order valence-electron chi connectivity index (χ1n) is 18.9. The van der Waals surface area contributed by atoms with Gasteiger partial charge in [-0.3, -0.25) is 0 Å². The van der Waals surface area contributed by atoms with Crippen molar-refractivity contribution in [2.45, 2.75) is 44.6 Å². The molecule has 2 aromatic heterocycles. The number of benzene rings is 7. The van der Waals surface area contributed by atoms with Gasteiger partial charge < -0.3 is 18.6 Å². The summed E-state index contributed by atoms with van der Waals surface area (Å²) in [5.41, 5.74) is 11.2. The van der Waals surface area contributed by atoms with Gasteiger partial charge in [-0.2, -0.15) is 0 Å². The van der Waals surface area contributed by atoms with Crippen LogP contribution in [0.1, 0.15) is 49.9 Å². The summed E-state index contributed by atoms with van der Waals surface area (Å²) in [4.78, 5) is 0. The van der Waals surface area contributed by atoms with E-state index < -0.39 is 0 Å². The van der Waals surface area contributed by atoms with Crippen LogP contribution in [0.25, 0.3) is 55.0 Å². The van der Waals surface area contributed by atoms with Gasteiger partial charge in [-0.15, -0.1) is 0 Å². The molecule has 0 spiro atoms. The van der Waals surface area contributed by atoms with Crippen molar-refractivity contribution >= 4 is 43.6 Å². The largest absolute Gasteiger partial charge is 0.496 e. The van der Waals surface area contributed by atoms with E-state index in [9.17, 15) is 0 Å². The molecule has 2 unspecified atom stereocenters. The maximum absolute atomic E-state index is 6.70. The normalized spacial score (nSPS) is 17.0. The van der Waals surface area contributed by atoms with E-state index in [4.69, 9.17) is 9.47 Å². The van der Waals surface area contributed by atoms with Crippen LogP contribution in [-0.4, -0.2) is 22.3 Å². The Morgan fingerprint density at radius 1 is 0.574 bits per heavy atom. The fourth-order valence-corrected chi connectivity index (χ4v) is 9.22. The first-order chi connectivity index (χ1) is 26.3. The second-order valence-corrected chi connectivity index (χ2v) is 15.5. The third-order valence-electron chi connectivity index (χ3n) is 12.4. The van der Waals surface area contributed by atoms with Gasteiger partial charge >= 0.3 is 0 Å². The predicted molar refractivity (Wildman–Crippen MR) is 223 cm³/mol. The smallest absolute Gasteiger partial charge is 0.126 e. The Morgan fingerprint density at radius 3 is 1.54 bits per heavy atom. The van der Waals surface area contributed by atoms with Crippen molar-refractivity contribution in [2.24, 2.45) is 0 Å². The Bertz CT molecular complexity index is 2800. The molecule has 0 saturated carbocycles. The van der Waals surface area contributed by atoms with Crippen molar-refractivity contribution in [3.8, 4) is 22.9 Å². The van der Waals surface area contributed by atoms with Crippen LogP contribution in [0.3, 0.4) is 0 Å². The Hall–Kier alpha value is -6.26. The lowest BCUT2D eigenvalue weighted by Crippen LogP contribution is -2.34. The minimum atomic E-state index is -0.308. The van der Waals surface area contributed by atoms with Crippen molar-refractivity contribution in [2.75, 3.05) is 7.11 Å². The lowest BCUT2D eigenvalue weighted by atomic mass is 9.72. The molecule has 4 heteroatoms. The average molecular weight is 703 g/mol. The molecule has 0 aliphatic carbocycles. The summed E-state index contributed by atoms with van der Waals surface area (Å²) in [7, 11) is 1.78. The van der Waals surface area contributed by atoms with Crippen LogP contribution >= 0.6 is 0 Å². The van der Waals surface area contributed by atoms with Crippen LogP contribution in [0.2, 0.25) is 0 Å². The Kier molecular flexibility index (Phi) is 7.12. The number of rotatable bonds is 6. The van der Waals surface area contributed by atoms with Crippen LogP contribution in [0.4, 0.5) is 0 Å². The van der Waals surface area contributed by atoms with Crippen LogP contribution in [0.15, 0.2) is 158 Å². The van der Waals surface area contributed by atoms with E-state index in [-0.39, 0.29) is 16.9 Å². The highest BCUT2D eigenvalue weighted by Crippen LogP contribution is 2.49. The fraction of sp³-hybridized carbons (Fsp3) is 0.160. The Balaban J connectivity index is 0.996. The van der Waals surface area contributed by atoms with Gasteiger partial charge in [0.1, 0.15) is 17.6 Å². The van der Waals surface area contributed by atoms with Crippen molar-refractivity contribution in [3.63, 3.8) is 0 Å². The second-order valence-electron chi connectivity index (χ2n) is 15.5. The van der Waals surface area contributed by atoms with Crippen molar-refractivity contribution in [3.05, 3.63) is 180 Å². The first kappa shape index (κ1) is 32.4. The number of ether oxygens (including phenoxy) is 2. The molecule has 0 fully saturated rings. The molecule has 0 saturated heterocycles. The summed E-state index contributed by atoms with van der Waals surface area (Å²) in [5.74, 6) is 1.82. The highest BCUT2D eigenvalue weighted by molar-refractivity contribution is 6.10. The quantitative estimate of drug-likeness (QED) is 0.173. The number of hydrogen-bond acceptors (Lipinski definition) is 2. The lowest BCUT2D eigenvalue weighted by molar-refractivity contribution is 0.197. The number of para-hydroxylation sites is 4. The summed E-state index contributed by atoms with van der Waals surface area (Å²) in [6.07, 6.45) is -0.0340. The van der Waals surface area contributed by atoms with Gasteiger partial charge in [0.15, 0.2) is 0 Å². The molecule has 0 radical (unpaired) electrons. The zero-order valence-corrected chi connectivity index (χ0v) is 31.3. The van der Waals surface area contributed by atoms with E-state index in [0.717, 1.165) is 28.4 Å². The highest BCUT2D eigenvalue weighted by atomic mass is 16.5. The minimum absolute atomic E-state index is 0.0340. The van der Waals surface area contributed by atoms with E-state index in [1.165, 1.54) is 60.3 Å². The maximum atomic E-state index is 6.70. The molecule has 3 heterocycles. The zero-order valence-electron chi connectivity index (χ0n) is 31.3. The lowest BCUT2D eigenvalue weighted by Gasteiger charge is -2.31. The zero-order chi connectivity index (χ0) is 36.8. The summed E-state index contributed by atoms with van der Waals surface area (Å²) in [5, 5.41) is 5.01. The number of aromatic nitrogens is 2. The Morgan fingerprint density at radius 2 is 1.04 bits per heavy atom. The van der Waals surface area contributed by atoms with E-state index in [1.807, 2.05) is 0 Å². The summed E-state index contributed by atoms with van der Waals surface area (Å²) < 4.78 is 17.5. The molecule has 264 valence electrons. The third kappa shape index (κ3) is 4.56. The summed E-state index contributed by atoms with van der Waals surface area (Å²) >= 11 is 0. The monoisotopic (exact) mass is 702 g/mol. The fourth-order valence-electron chi connectivity index (χ4n) is 9.22. The van der Waals surface area contributed by atoms with E-state index >= 15 is 0 Å². The minimum Gasteiger partial charge on any atom is -0.496 e. The summed E-state index contributed by atoms with van der Waals surface area (Å²) in [6.45, 7) is 9.09. The van der Waals surface area contributed by atoms with Crippen LogP contribution in [0.5, 0.6) is 11.5 Å². The molecule has 54 heavy (non-hydrogen) atoms. The van der Waals surface area contributed by atoms with E-state index in [1.54, 1.807) is 7.11 Å². The molecule has 7 aromatic carbocycles. The molecule has 1 aliphatic heterocycles. The number of nitrogens with zero attached hydrogens (tertiary/aromatic N) is 2. The number of methoxy groups -OCH3 is 1. The molecule has 0 N–H and O–H groups in total. The molecule has 0 bridgehead atoms. The second kappa shape index (κ2) is 11.9. The van der Waals surface area contributed by atoms with Crippen LogP contribution in [0, 0.1) is 0 Å². The maximum Gasteiger partial charge on any atom is 0.126 e. The molecule has 9 aromatic rings. The summed E-state index contributed by atoms with van der Waals surface area (Å²) in [6, 6.07) is 57.1. The first-order valence-corrected chi connectivity index (χ1v) is 18.9. The van der Waals surface area contributed by atoms with Gasteiger partial charge in [0.05, 0.1) is 34.6 Å². The van der Waals surface area contributed by atoms with Gasteiger partial charge in [0, 0.05) is 61.6 Å². The van der Waals surface area contributed by atoms with Gasteiger partial charge in [-0.05, 0) is 61.4 Å². The van der Waals surface area contributed by atoms with Crippen molar-refractivity contribution in [1.29, 1.82) is 0 Å². The van der Waals surface area contributed by atoms with Gasteiger partial charge in [-0.1, -0.05) is 123 Å². The van der Waals surface area contributed by atoms with Gasteiger partial charge in [-0.25, -0.2) is 0 Å².